The predicted molar refractivity (Wildman–Crippen MR) is 88.9 cm³/mol. The molecule has 0 aliphatic carbocycles. The highest BCUT2D eigenvalue weighted by molar-refractivity contribution is 6.85. The molecule has 0 saturated heterocycles. The van der Waals surface area contributed by atoms with Crippen molar-refractivity contribution in [1.29, 1.82) is 0 Å². The van der Waals surface area contributed by atoms with E-state index in [4.69, 9.17) is 34.8 Å². The molecule has 0 unspecified atom stereocenters. The lowest BCUT2D eigenvalue weighted by Gasteiger charge is -2.17. The van der Waals surface area contributed by atoms with Crippen molar-refractivity contribution in [3.63, 3.8) is 0 Å². The summed E-state index contributed by atoms with van der Waals surface area (Å²) in [7, 11) is 0. The minimum Gasteiger partial charge on any atom is -0.323 e. The number of para-hydroxylation sites is 2. The summed E-state index contributed by atoms with van der Waals surface area (Å²) in [5.74, 6) is -0.665. The van der Waals surface area contributed by atoms with E-state index in [1.807, 2.05) is 12.1 Å². The molecule has 1 N–H and O–H groups in total. The van der Waals surface area contributed by atoms with Crippen LogP contribution in [0.15, 0.2) is 65.7 Å². The molecule has 0 radical (unpaired) electrons. The number of hydrogen-bond donors (Lipinski definition) is 1. The zero-order valence-electron chi connectivity index (χ0n) is 10.8. The Morgan fingerprint density at radius 2 is 1.48 bits per heavy atom. The van der Waals surface area contributed by atoms with Gasteiger partial charge in [0.2, 0.25) is 4.33 Å². The van der Waals surface area contributed by atoms with E-state index in [0.717, 1.165) is 0 Å². The lowest BCUT2D eigenvalue weighted by atomic mass is 10.3. The number of nitrogens with one attached hydrogen (secondary N) is 1. The summed E-state index contributed by atoms with van der Waals surface area (Å²) < 4.78 is -1.97. The van der Waals surface area contributed by atoms with Crippen LogP contribution < -0.4 is 5.32 Å². The number of nitrogens with zero attached hydrogens (tertiary/aromatic N) is 1. The molecule has 21 heavy (non-hydrogen) atoms. The van der Waals surface area contributed by atoms with E-state index < -0.39 is 10.2 Å². The number of carbonyl (C=O) groups excluding carboxylic acids is 1. The standard InChI is InChI=1S/C15H11Cl3N2O/c16-13(19-11-7-3-1-4-8-11)15(17,18)14(21)20-12-9-5-2-6-10-12/h1-10H,(H,20,21). The van der Waals surface area contributed by atoms with Crippen molar-refractivity contribution in [2.24, 2.45) is 4.99 Å². The van der Waals surface area contributed by atoms with E-state index in [-0.39, 0.29) is 5.17 Å². The first-order chi connectivity index (χ1) is 10.00. The van der Waals surface area contributed by atoms with Crippen LogP contribution in [0.5, 0.6) is 0 Å². The van der Waals surface area contributed by atoms with Crippen LogP contribution in [-0.2, 0) is 4.79 Å². The maximum atomic E-state index is 12.1. The maximum absolute atomic E-state index is 12.1. The third-order valence-corrected chi connectivity index (χ3v) is 3.82. The minimum atomic E-state index is -1.97. The Hall–Kier alpha value is -1.55. The monoisotopic (exact) mass is 340 g/mol. The van der Waals surface area contributed by atoms with Crippen LogP contribution in [-0.4, -0.2) is 15.4 Å². The van der Waals surface area contributed by atoms with Gasteiger partial charge in [0.1, 0.15) is 0 Å². The Labute approximate surface area is 137 Å². The van der Waals surface area contributed by atoms with Crippen molar-refractivity contribution in [2.75, 3.05) is 5.32 Å². The van der Waals surface area contributed by atoms with Crippen molar-refractivity contribution >= 4 is 57.3 Å². The summed E-state index contributed by atoms with van der Waals surface area (Å²) in [6.45, 7) is 0. The van der Waals surface area contributed by atoms with Crippen LogP contribution in [0.3, 0.4) is 0 Å². The van der Waals surface area contributed by atoms with Crippen molar-refractivity contribution in [1.82, 2.24) is 0 Å². The van der Waals surface area contributed by atoms with Gasteiger partial charge in [0.05, 0.1) is 5.69 Å². The van der Waals surface area contributed by atoms with Gasteiger partial charge in [0, 0.05) is 5.69 Å². The van der Waals surface area contributed by atoms with Crippen LogP contribution in [0.4, 0.5) is 11.4 Å². The summed E-state index contributed by atoms with van der Waals surface area (Å²) in [6, 6.07) is 17.7. The Morgan fingerprint density at radius 1 is 0.952 bits per heavy atom. The number of hydrogen-bond acceptors (Lipinski definition) is 2. The van der Waals surface area contributed by atoms with E-state index >= 15 is 0 Å². The van der Waals surface area contributed by atoms with Crippen molar-refractivity contribution in [3.8, 4) is 0 Å². The van der Waals surface area contributed by atoms with E-state index in [2.05, 4.69) is 10.3 Å². The maximum Gasteiger partial charge on any atom is 0.268 e. The predicted octanol–water partition coefficient (Wildman–Crippen LogP) is 4.77. The van der Waals surface area contributed by atoms with Gasteiger partial charge in [-0.1, -0.05) is 71.2 Å². The molecule has 2 aromatic carbocycles. The quantitative estimate of drug-likeness (QED) is 0.632. The first-order valence-corrected chi connectivity index (χ1v) is 7.17. The number of anilines is 1. The van der Waals surface area contributed by atoms with Gasteiger partial charge in [-0.15, -0.1) is 0 Å². The van der Waals surface area contributed by atoms with Crippen LogP contribution in [0.2, 0.25) is 0 Å². The fourth-order valence-corrected chi connectivity index (χ4v) is 1.87. The van der Waals surface area contributed by atoms with E-state index in [1.54, 1.807) is 48.5 Å². The third-order valence-electron chi connectivity index (χ3n) is 2.56. The highest BCUT2D eigenvalue weighted by Crippen LogP contribution is 2.29. The SMILES string of the molecule is O=C(Nc1ccccc1)C(Cl)(Cl)C(Cl)=Nc1ccccc1. The van der Waals surface area contributed by atoms with Gasteiger partial charge in [-0.25, -0.2) is 4.99 Å². The largest absolute Gasteiger partial charge is 0.323 e. The smallest absolute Gasteiger partial charge is 0.268 e. The Morgan fingerprint density at radius 3 is 2.05 bits per heavy atom. The zero-order valence-corrected chi connectivity index (χ0v) is 13.0. The molecule has 6 heteroatoms. The summed E-state index contributed by atoms with van der Waals surface area (Å²) in [5, 5.41) is 2.36. The Balaban J connectivity index is 2.17. The van der Waals surface area contributed by atoms with Gasteiger partial charge >= 0.3 is 0 Å². The first-order valence-electron chi connectivity index (χ1n) is 6.04. The Kier molecular flexibility index (Phi) is 5.23. The highest BCUT2D eigenvalue weighted by Gasteiger charge is 2.39. The van der Waals surface area contributed by atoms with Gasteiger partial charge in [-0.2, -0.15) is 0 Å². The van der Waals surface area contributed by atoms with Crippen LogP contribution in [0.25, 0.3) is 0 Å². The molecule has 3 nitrogen and oxygen atoms in total. The zero-order chi connectivity index (χ0) is 15.3. The number of alkyl halides is 2. The summed E-state index contributed by atoms with van der Waals surface area (Å²) in [6.07, 6.45) is 0. The lowest BCUT2D eigenvalue weighted by Crippen LogP contribution is -2.37. The molecule has 0 bridgehead atoms. The molecule has 0 heterocycles. The lowest BCUT2D eigenvalue weighted by molar-refractivity contribution is -0.115. The van der Waals surface area contributed by atoms with Crippen molar-refractivity contribution in [3.05, 3.63) is 60.7 Å². The van der Waals surface area contributed by atoms with Crippen LogP contribution in [0.1, 0.15) is 0 Å². The summed E-state index contributed by atoms with van der Waals surface area (Å²) in [4.78, 5) is 16.2. The topological polar surface area (TPSA) is 41.5 Å². The highest BCUT2D eigenvalue weighted by atomic mass is 35.5. The van der Waals surface area contributed by atoms with Crippen LogP contribution >= 0.6 is 34.8 Å². The van der Waals surface area contributed by atoms with Gasteiger partial charge < -0.3 is 5.32 Å². The second-order valence-corrected chi connectivity index (χ2v) is 5.82. The molecule has 0 spiro atoms. The fourth-order valence-electron chi connectivity index (χ4n) is 1.51. The minimum absolute atomic E-state index is 0.217. The molecule has 108 valence electrons. The molecule has 0 aromatic heterocycles. The average molecular weight is 342 g/mol. The van der Waals surface area contributed by atoms with Crippen LogP contribution in [0, 0.1) is 0 Å². The van der Waals surface area contributed by atoms with E-state index in [9.17, 15) is 4.79 Å². The number of aliphatic imine (C=N–C) groups is 1. The van der Waals surface area contributed by atoms with Gasteiger partial charge in [0.15, 0.2) is 5.17 Å². The summed E-state index contributed by atoms with van der Waals surface area (Å²) in [5.41, 5.74) is 1.12. The molecular weight excluding hydrogens is 331 g/mol. The van der Waals surface area contributed by atoms with E-state index in [0.29, 0.717) is 11.4 Å². The number of carbonyl (C=O) groups is 1. The molecule has 1 amide bonds. The number of halogens is 3. The third kappa shape index (κ3) is 4.21. The van der Waals surface area contributed by atoms with E-state index in [1.165, 1.54) is 0 Å². The normalized spacial score (nSPS) is 12.0. The number of benzene rings is 2. The van der Waals surface area contributed by atoms with Gasteiger partial charge in [0.25, 0.3) is 5.91 Å². The number of amides is 1. The molecule has 2 rings (SSSR count). The molecule has 0 fully saturated rings. The van der Waals surface area contributed by atoms with Gasteiger partial charge in [-0.3, -0.25) is 4.79 Å². The Bertz CT molecular complexity index is 642. The molecule has 0 aliphatic heterocycles. The molecule has 0 saturated carbocycles. The van der Waals surface area contributed by atoms with Crippen molar-refractivity contribution < 1.29 is 4.79 Å². The molecular formula is C15H11Cl3N2O. The summed E-state index contributed by atoms with van der Waals surface area (Å²) >= 11 is 18.0. The second kappa shape index (κ2) is 6.94. The average Bonchev–Trinajstić information content (AvgIpc) is 2.49. The molecule has 0 aliphatic rings. The van der Waals surface area contributed by atoms with Gasteiger partial charge in [-0.05, 0) is 24.3 Å². The fraction of sp³-hybridized carbons (Fsp3) is 0.0667. The molecule has 0 atom stereocenters. The first kappa shape index (κ1) is 15.8. The van der Waals surface area contributed by atoms with Crippen molar-refractivity contribution in [2.45, 2.75) is 4.33 Å². The molecule has 2 aromatic rings. The number of rotatable bonds is 4. The second-order valence-electron chi connectivity index (χ2n) is 4.13.